The van der Waals surface area contributed by atoms with Crippen LogP contribution >= 0.6 is 22.7 Å². The number of aryl methyl sites for hydroxylation is 2. The first-order chi connectivity index (χ1) is 14.6. The lowest BCUT2D eigenvalue weighted by Crippen LogP contribution is -2.18. The summed E-state index contributed by atoms with van der Waals surface area (Å²) in [5, 5.41) is 14.0. The minimum absolute atomic E-state index is 0.000691. The quantitative estimate of drug-likeness (QED) is 0.347. The maximum Gasteiger partial charge on any atom is 0.207 e. The monoisotopic (exact) mass is 433 g/mol. The van der Waals surface area contributed by atoms with E-state index in [0.29, 0.717) is 0 Å². The van der Waals surface area contributed by atoms with Crippen molar-refractivity contribution < 1.29 is 4.39 Å². The number of thiophene rings is 1. The van der Waals surface area contributed by atoms with Crippen LogP contribution in [0.4, 0.5) is 9.52 Å². The normalized spacial score (nSPS) is 16.2. The van der Waals surface area contributed by atoms with E-state index in [1.54, 1.807) is 22.7 Å². The first-order valence-electron chi connectivity index (χ1n) is 9.76. The second-order valence-corrected chi connectivity index (χ2v) is 9.11. The van der Waals surface area contributed by atoms with E-state index in [-0.39, 0.29) is 11.9 Å². The molecule has 5 rings (SSSR count). The van der Waals surface area contributed by atoms with Crippen molar-refractivity contribution in [1.82, 2.24) is 4.98 Å². The Kier molecular flexibility index (Phi) is 4.97. The zero-order valence-corrected chi connectivity index (χ0v) is 18.3. The molecule has 1 atom stereocenters. The number of thiazole rings is 1. The topological polar surface area (TPSA) is 28.5 Å². The van der Waals surface area contributed by atoms with Gasteiger partial charge in [-0.15, -0.1) is 11.3 Å². The van der Waals surface area contributed by atoms with Crippen LogP contribution in [0.2, 0.25) is 0 Å². The smallest absolute Gasteiger partial charge is 0.207 e. The summed E-state index contributed by atoms with van der Waals surface area (Å²) in [7, 11) is 0. The van der Waals surface area contributed by atoms with E-state index in [2.05, 4.69) is 54.3 Å². The molecule has 0 spiro atoms. The molecule has 0 saturated carbocycles. The number of anilines is 1. The Morgan fingerprint density at radius 1 is 0.967 bits per heavy atom. The van der Waals surface area contributed by atoms with E-state index in [1.165, 1.54) is 23.3 Å². The van der Waals surface area contributed by atoms with Crippen molar-refractivity contribution in [2.75, 3.05) is 5.01 Å². The van der Waals surface area contributed by atoms with Crippen molar-refractivity contribution >= 4 is 33.5 Å². The second-order valence-electron chi connectivity index (χ2n) is 7.49. The zero-order chi connectivity index (χ0) is 20.7. The SMILES string of the molecule is Cc1ccc(-c2csc(N3N=C(c4ccsc4)C[C@@H]3c3ccc(F)cc3)n2)cc1C. The van der Waals surface area contributed by atoms with Gasteiger partial charge < -0.3 is 0 Å². The summed E-state index contributed by atoms with van der Waals surface area (Å²) >= 11 is 3.25. The Hall–Kier alpha value is -2.83. The van der Waals surface area contributed by atoms with Crippen molar-refractivity contribution in [3.8, 4) is 11.3 Å². The third-order valence-electron chi connectivity index (χ3n) is 5.51. The molecule has 6 heteroatoms. The third-order valence-corrected chi connectivity index (χ3v) is 7.02. The largest absolute Gasteiger partial charge is 0.231 e. The molecule has 0 bridgehead atoms. The summed E-state index contributed by atoms with van der Waals surface area (Å²) < 4.78 is 13.5. The van der Waals surface area contributed by atoms with Crippen LogP contribution in [0.3, 0.4) is 0 Å². The fraction of sp³-hybridized carbons (Fsp3) is 0.167. The van der Waals surface area contributed by atoms with Gasteiger partial charge in [0.25, 0.3) is 0 Å². The molecule has 0 saturated heterocycles. The van der Waals surface area contributed by atoms with Crippen LogP contribution in [0.1, 0.15) is 34.7 Å². The summed E-state index contributed by atoms with van der Waals surface area (Å²) in [5.41, 5.74) is 7.80. The fourth-order valence-corrected chi connectivity index (χ4v) is 5.14. The van der Waals surface area contributed by atoms with Gasteiger partial charge in [-0.3, -0.25) is 0 Å². The Bertz CT molecular complexity index is 1210. The van der Waals surface area contributed by atoms with E-state index < -0.39 is 0 Å². The van der Waals surface area contributed by atoms with Crippen LogP contribution in [0.5, 0.6) is 0 Å². The standard InChI is InChI=1S/C24H20FN3S2/c1-15-3-4-18(11-16(15)2)22-14-30-24(26-22)28-23(17-5-7-20(25)8-6-17)12-21(27-28)19-9-10-29-13-19/h3-11,13-14,23H,12H2,1-2H3/t23-/m1/s1. The summed E-state index contributed by atoms with van der Waals surface area (Å²) in [6, 6.07) is 15.2. The van der Waals surface area contributed by atoms with Gasteiger partial charge in [0.2, 0.25) is 5.13 Å². The highest BCUT2D eigenvalue weighted by Gasteiger charge is 2.32. The average Bonchev–Trinajstić information content (AvgIpc) is 3.50. The Balaban J connectivity index is 1.53. The number of halogens is 1. The maximum absolute atomic E-state index is 13.5. The molecule has 0 unspecified atom stereocenters. The number of hydrazone groups is 1. The van der Waals surface area contributed by atoms with E-state index in [9.17, 15) is 4.39 Å². The molecule has 3 heterocycles. The zero-order valence-electron chi connectivity index (χ0n) is 16.7. The molecule has 150 valence electrons. The molecule has 0 aliphatic carbocycles. The van der Waals surface area contributed by atoms with Crippen molar-refractivity contribution in [3.05, 3.63) is 92.7 Å². The molecule has 0 fully saturated rings. The van der Waals surface area contributed by atoms with Gasteiger partial charge in [-0.1, -0.05) is 24.3 Å². The average molecular weight is 434 g/mol. The summed E-state index contributed by atoms with van der Waals surface area (Å²) in [4.78, 5) is 4.91. The summed E-state index contributed by atoms with van der Waals surface area (Å²) in [5.74, 6) is -0.228. The maximum atomic E-state index is 13.5. The van der Waals surface area contributed by atoms with Gasteiger partial charge in [-0.25, -0.2) is 14.4 Å². The highest BCUT2D eigenvalue weighted by atomic mass is 32.1. The van der Waals surface area contributed by atoms with Crippen molar-refractivity contribution in [1.29, 1.82) is 0 Å². The Morgan fingerprint density at radius 3 is 2.53 bits per heavy atom. The summed E-state index contributed by atoms with van der Waals surface area (Å²) in [6.07, 6.45) is 0.765. The molecule has 1 aliphatic rings. The van der Waals surface area contributed by atoms with Gasteiger partial charge in [0.15, 0.2) is 0 Å². The highest BCUT2D eigenvalue weighted by Crippen LogP contribution is 2.39. The van der Waals surface area contributed by atoms with Crippen LogP contribution in [0, 0.1) is 19.7 Å². The number of hydrogen-bond donors (Lipinski definition) is 0. The van der Waals surface area contributed by atoms with Crippen molar-refractivity contribution in [2.45, 2.75) is 26.3 Å². The molecule has 2 aromatic heterocycles. The molecule has 0 radical (unpaired) electrons. The lowest BCUT2D eigenvalue weighted by atomic mass is 10.00. The molecule has 0 amide bonds. The van der Waals surface area contributed by atoms with Crippen LogP contribution in [-0.2, 0) is 0 Å². The first-order valence-corrected chi connectivity index (χ1v) is 11.6. The van der Waals surface area contributed by atoms with Crippen molar-refractivity contribution in [3.63, 3.8) is 0 Å². The predicted molar refractivity (Wildman–Crippen MR) is 124 cm³/mol. The lowest BCUT2D eigenvalue weighted by Gasteiger charge is -2.21. The minimum Gasteiger partial charge on any atom is -0.231 e. The van der Waals surface area contributed by atoms with Crippen LogP contribution in [0.15, 0.2) is 69.8 Å². The molecule has 1 aliphatic heterocycles. The number of nitrogens with zero attached hydrogens (tertiary/aromatic N) is 3. The van der Waals surface area contributed by atoms with E-state index in [4.69, 9.17) is 10.1 Å². The molecule has 0 N–H and O–H groups in total. The van der Waals surface area contributed by atoms with Crippen LogP contribution in [0.25, 0.3) is 11.3 Å². The number of hydrogen-bond acceptors (Lipinski definition) is 5. The second kappa shape index (κ2) is 7.78. The van der Waals surface area contributed by atoms with Crippen LogP contribution < -0.4 is 5.01 Å². The van der Waals surface area contributed by atoms with E-state index in [0.717, 1.165) is 39.6 Å². The van der Waals surface area contributed by atoms with Crippen molar-refractivity contribution in [2.24, 2.45) is 5.10 Å². The Morgan fingerprint density at radius 2 is 1.80 bits per heavy atom. The van der Waals surface area contributed by atoms with E-state index >= 15 is 0 Å². The predicted octanol–water partition coefficient (Wildman–Crippen LogP) is 6.98. The Labute approximate surface area is 183 Å². The molecule has 4 aromatic rings. The van der Waals surface area contributed by atoms with E-state index in [1.807, 2.05) is 17.1 Å². The van der Waals surface area contributed by atoms with Gasteiger partial charge in [0.1, 0.15) is 5.82 Å². The number of rotatable bonds is 4. The third kappa shape index (κ3) is 3.57. The molecular formula is C24H20FN3S2. The number of aromatic nitrogens is 1. The van der Waals surface area contributed by atoms with Gasteiger partial charge in [0, 0.05) is 22.9 Å². The molecule has 3 nitrogen and oxygen atoms in total. The molecular weight excluding hydrogens is 413 g/mol. The van der Waals surface area contributed by atoms with Gasteiger partial charge in [0.05, 0.1) is 17.4 Å². The van der Waals surface area contributed by atoms with Gasteiger partial charge in [-0.2, -0.15) is 16.4 Å². The minimum atomic E-state index is -0.228. The highest BCUT2D eigenvalue weighted by molar-refractivity contribution is 7.14. The number of benzene rings is 2. The molecule has 30 heavy (non-hydrogen) atoms. The molecule has 2 aromatic carbocycles. The van der Waals surface area contributed by atoms with Gasteiger partial charge >= 0.3 is 0 Å². The van der Waals surface area contributed by atoms with Gasteiger partial charge in [-0.05, 0) is 65.6 Å². The lowest BCUT2D eigenvalue weighted by molar-refractivity contribution is 0.624. The summed E-state index contributed by atoms with van der Waals surface area (Å²) in [6.45, 7) is 4.23. The van der Waals surface area contributed by atoms with Crippen LogP contribution in [-0.4, -0.2) is 10.7 Å². The first kappa shape index (κ1) is 19.2. The fourth-order valence-electron chi connectivity index (χ4n) is 3.64.